The summed E-state index contributed by atoms with van der Waals surface area (Å²) in [5, 5.41) is 0. The molecule has 66 valence electrons. The molecule has 0 heterocycles. The zero-order valence-electron chi connectivity index (χ0n) is 6.97. The molecular formula is C9H10FIO. The Morgan fingerprint density at radius 1 is 1.42 bits per heavy atom. The van der Waals surface area contributed by atoms with Crippen LogP contribution in [0.2, 0.25) is 0 Å². The van der Waals surface area contributed by atoms with Gasteiger partial charge in [-0.05, 0) is 17.5 Å². The first-order valence-corrected chi connectivity index (χ1v) is 4.62. The SMILES string of the molecule is CC(C)c1cccc(OI)c1F. The summed E-state index contributed by atoms with van der Waals surface area (Å²) in [4.78, 5) is 0. The highest BCUT2D eigenvalue weighted by Crippen LogP contribution is 2.26. The van der Waals surface area contributed by atoms with E-state index in [0.29, 0.717) is 11.3 Å². The van der Waals surface area contributed by atoms with Crippen molar-refractivity contribution in [1.82, 2.24) is 0 Å². The van der Waals surface area contributed by atoms with E-state index in [-0.39, 0.29) is 11.7 Å². The van der Waals surface area contributed by atoms with Crippen LogP contribution in [0.25, 0.3) is 0 Å². The zero-order valence-corrected chi connectivity index (χ0v) is 9.13. The fourth-order valence-corrected chi connectivity index (χ4v) is 1.37. The summed E-state index contributed by atoms with van der Waals surface area (Å²) in [6.45, 7) is 3.91. The Balaban J connectivity index is 3.14. The molecule has 1 rings (SSSR count). The molecule has 0 aliphatic heterocycles. The van der Waals surface area contributed by atoms with Crippen molar-refractivity contribution in [2.45, 2.75) is 19.8 Å². The molecule has 0 bridgehead atoms. The van der Waals surface area contributed by atoms with E-state index in [1.807, 2.05) is 13.8 Å². The Kier molecular flexibility index (Phi) is 3.31. The molecule has 1 aromatic carbocycles. The summed E-state index contributed by atoms with van der Waals surface area (Å²) in [5.41, 5.74) is 0.698. The fraction of sp³-hybridized carbons (Fsp3) is 0.333. The van der Waals surface area contributed by atoms with Crippen LogP contribution in [0.3, 0.4) is 0 Å². The second-order valence-corrected chi connectivity index (χ2v) is 3.33. The molecule has 0 amide bonds. The van der Waals surface area contributed by atoms with E-state index < -0.39 is 0 Å². The number of benzene rings is 1. The lowest BCUT2D eigenvalue weighted by Gasteiger charge is -2.08. The largest absolute Gasteiger partial charge is 0.425 e. The number of halogens is 2. The van der Waals surface area contributed by atoms with Gasteiger partial charge in [-0.25, -0.2) is 4.39 Å². The van der Waals surface area contributed by atoms with Gasteiger partial charge in [0.25, 0.3) is 0 Å². The number of rotatable bonds is 2. The van der Waals surface area contributed by atoms with Gasteiger partial charge in [0.2, 0.25) is 0 Å². The van der Waals surface area contributed by atoms with Gasteiger partial charge in [0.05, 0.1) is 0 Å². The first kappa shape index (κ1) is 9.77. The van der Waals surface area contributed by atoms with Gasteiger partial charge in [-0.3, -0.25) is 0 Å². The standard InChI is InChI=1S/C9H10FIO/c1-6(2)7-4-3-5-8(12-11)9(7)10/h3-6H,1-2H3. The molecule has 0 saturated carbocycles. The third-order valence-electron chi connectivity index (χ3n) is 1.70. The Morgan fingerprint density at radius 3 is 2.58 bits per heavy atom. The van der Waals surface area contributed by atoms with E-state index in [4.69, 9.17) is 3.07 Å². The average Bonchev–Trinajstić information content (AvgIpc) is 2.04. The van der Waals surface area contributed by atoms with Gasteiger partial charge in [0.1, 0.15) is 0 Å². The summed E-state index contributed by atoms with van der Waals surface area (Å²) in [7, 11) is 0. The topological polar surface area (TPSA) is 9.23 Å². The van der Waals surface area contributed by atoms with E-state index in [1.165, 1.54) is 0 Å². The molecule has 0 N–H and O–H groups in total. The van der Waals surface area contributed by atoms with Crippen molar-refractivity contribution in [3.8, 4) is 5.75 Å². The molecule has 0 aliphatic carbocycles. The van der Waals surface area contributed by atoms with Crippen molar-refractivity contribution in [3.63, 3.8) is 0 Å². The van der Waals surface area contributed by atoms with Gasteiger partial charge in [-0.15, -0.1) is 0 Å². The molecule has 0 saturated heterocycles. The molecule has 0 aliphatic rings. The van der Waals surface area contributed by atoms with Crippen molar-refractivity contribution in [1.29, 1.82) is 0 Å². The maximum atomic E-state index is 13.4. The van der Waals surface area contributed by atoms with Crippen LogP contribution in [0.5, 0.6) is 5.75 Å². The van der Waals surface area contributed by atoms with Crippen LogP contribution in [-0.2, 0) is 0 Å². The van der Waals surface area contributed by atoms with Gasteiger partial charge in [-0.2, -0.15) is 0 Å². The van der Waals surface area contributed by atoms with Crippen LogP contribution < -0.4 is 3.07 Å². The second kappa shape index (κ2) is 4.07. The monoisotopic (exact) mass is 280 g/mol. The van der Waals surface area contributed by atoms with Crippen molar-refractivity contribution in [2.75, 3.05) is 0 Å². The lowest BCUT2D eigenvalue weighted by molar-refractivity contribution is 0.547. The highest BCUT2D eigenvalue weighted by molar-refractivity contribution is 14.1. The van der Waals surface area contributed by atoms with Crippen molar-refractivity contribution in [3.05, 3.63) is 29.6 Å². The average molecular weight is 280 g/mol. The minimum Gasteiger partial charge on any atom is -0.425 e. The van der Waals surface area contributed by atoms with Gasteiger partial charge in [-0.1, -0.05) is 26.0 Å². The predicted molar refractivity (Wildman–Crippen MR) is 55.1 cm³/mol. The number of hydrogen-bond acceptors (Lipinski definition) is 1. The maximum absolute atomic E-state index is 13.4. The van der Waals surface area contributed by atoms with Crippen molar-refractivity contribution >= 4 is 23.0 Å². The van der Waals surface area contributed by atoms with Crippen molar-refractivity contribution in [2.24, 2.45) is 0 Å². The highest BCUT2D eigenvalue weighted by atomic mass is 127. The van der Waals surface area contributed by atoms with Crippen LogP contribution >= 0.6 is 23.0 Å². The Labute approximate surface area is 85.6 Å². The molecule has 0 aromatic heterocycles. The number of hydrogen-bond donors (Lipinski definition) is 0. The van der Waals surface area contributed by atoms with E-state index in [0.717, 1.165) is 0 Å². The van der Waals surface area contributed by atoms with Crippen LogP contribution in [0, 0.1) is 5.82 Å². The molecule has 3 heteroatoms. The molecule has 1 aromatic rings. The summed E-state index contributed by atoms with van der Waals surface area (Å²) in [6, 6.07) is 5.19. The normalized spacial score (nSPS) is 10.4. The smallest absolute Gasteiger partial charge is 0.192 e. The van der Waals surface area contributed by atoms with Gasteiger partial charge in [0.15, 0.2) is 34.6 Å². The molecular weight excluding hydrogens is 270 g/mol. The molecule has 1 nitrogen and oxygen atoms in total. The van der Waals surface area contributed by atoms with Gasteiger partial charge in [0, 0.05) is 0 Å². The van der Waals surface area contributed by atoms with E-state index in [2.05, 4.69) is 0 Å². The third kappa shape index (κ3) is 1.88. The Hall–Kier alpha value is -0.320. The van der Waals surface area contributed by atoms with E-state index in [1.54, 1.807) is 41.2 Å². The highest BCUT2D eigenvalue weighted by Gasteiger charge is 2.10. The molecule has 0 fully saturated rings. The zero-order chi connectivity index (χ0) is 9.14. The summed E-state index contributed by atoms with van der Waals surface area (Å²) < 4.78 is 18.2. The summed E-state index contributed by atoms with van der Waals surface area (Å²) >= 11 is 1.68. The molecule has 12 heavy (non-hydrogen) atoms. The lowest BCUT2D eigenvalue weighted by atomic mass is 10.0. The van der Waals surface area contributed by atoms with Crippen molar-refractivity contribution < 1.29 is 7.46 Å². The fourth-order valence-electron chi connectivity index (χ4n) is 1.03. The minimum atomic E-state index is -0.248. The maximum Gasteiger partial charge on any atom is 0.192 e. The van der Waals surface area contributed by atoms with E-state index in [9.17, 15) is 4.39 Å². The van der Waals surface area contributed by atoms with Crippen LogP contribution in [0.4, 0.5) is 4.39 Å². The van der Waals surface area contributed by atoms with Crippen LogP contribution in [0.15, 0.2) is 18.2 Å². The van der Waals surface area contributed by atoms with E-state index >= 15 is 0 Å². The first-order chi connectivity index (χ1) is 5.66. The minimum absolute atomic E-state index is 0.191. The van der Waals surface area contributed by atoms with Gasteiger partial charge >= 0.3 is 0 Å². The molecule has 0 unspecified atom stereocenters. The Bertz CT molecular complexity index is 273. The third-order valence-corrected chi connectivity index (χ3v) is 2.17. The second-order valence-electron chi connectivity index (χ2n) is 2.89. The summed E-state index contributed by atoms with van der Waals surface area (Å²) in [5.74, 6) is 0.250. The molecule has 0 spiro atoms. The predicted octanol–water partition coefficient (Wildman–Crippen LogP) is 3.68. The van der Waals surface area contributed by atoms with Crippen LogP contribution in [0.1, 0.15) is 25.3 Å². The summed E-state index contributed by atoms with van der Waals surface area (Å²) in [6.07, 6.45) is 0. The quantitative estimate of drug-likeness (QED) is 0.751. The van der Waals surface area contributed by atoms with Gasteiger partial charge < -0.3 is 3.07 Å². The van der Waals surface area contributed by atoms with Crippen LogP contribution in [-0.4, -0.2) is 0 Å². The first-order valence-electron chi connectivity index (χ1n) is 3.73. The Morgan fingerprint density at radius 2 is 2.08 bits per heavy atom. The lowest BCUT2D eigenvalue weighted by Crippen LogP contribution is -1.93. The molecule has 0 atom stereocenters. The molecule has 0 radical (unpaired) electrons.